The summed E-state index contributed by atoms with van der Waals surface area (Å²) in [6, 6.07) is 32.0. The second kappa shape index (κ2) is 22.0. The Hall–Kier alpha value is -6.80. The van der Waals surface area contributed by atoms with Crippen LogP contribution in [0.4, 0.5) is 39.8 Å². The van der Waals surface area contributed by atoms with E-state index in [1.165, 1.54) is 24.4 Å². The molecule has 10 N–H and O–H groups in total. The Labute approximate surface area is 306 Å². The average Bonchev–Trinajstić information content (AvgIpc) is 3.11. The number of nitro groups is 2. The molecule has 6 rings (SSSR count). The zero-order valence-corrected chi connectivity index (χ0v) is 29.4. The molecule has 0 saturated heterocycles. The zero-order valence-electron chi connectivity index (χ0n) is 28.7. The van der Waals surface area contributed by atoms with E-state index < -0.39 is 9.85 Å². The molecule has 0 atom stereocenters. The van der Waals surface area contributed by atoms with Gasteiger partial charge in [0.1, 0.15) is 17.5 Å². The standard InChI is InChI=1S/C12H11N3O2.C12H13N3.C6H8N2.C5H3ClN2O2.C2H6/c13-10-3-1-2-9(6-10)7-11-4-5-12(8-14-11)15(16)17;13-10-3-1-2-9(6-10)7-12-5-4-11(14)8-15-12;7-5-2-1-3-6(8)4-5;6-5-2-1-4(3-7-5)8(9)10;1-2/h1-6,8H,7,13H2;1-6,8H,7,13-14H2;1-4H,7-8H2;1-3H;1-2H3. The van der Waals surface area contributed by atoms with E-state index in [2.05, 4.69) is 15.0 Å². The summed E-state index contributed by atoms with van der Waals surface area (Å²) >= 11 is 5.38. The van der Waals surface area contributed by atoms with Crippen LogP contribution in [0.3, 0.4) is 0 Å². The first kappa shape index (κ1) is 41.4. The molecule has 0 saturated carbocycles. The second-order valence-electron chi connectivity index (χ2n) is 10.5. The van der Waals surface area contributed by atoms with Crippen LogP contribution in [0, 0.1) is 20.2 Å². The number of nitrogens with two attached hydrogens (primary N) is 5. The van der Waals surface area contributed by atoms with Gasteiger partial charge in [0.2, 0.25) is 0 Å². The van der Waals surface area contributed by atoms with E-state index in [9.17, 15) is 20.2 Å². The summed E-state index contributed by atoms with van der Waals surface area (Å²) in [5, 5.41) is 20.8. The number of benzene rings is 3. The van der Waals surface area contributed by atoms with Crippen LogP contribution in [0.1, 0.15) is 36.4 Å². The molecule has 15 heteroatoms. The molecule has 14 nitrogen and oxygen atoms in total. The lowest BCUT2D eigenvalue weighted by atomic mass is 10.1. The van der Waals surface area contributed by atoms with E-state index in [0.717, 1.165) is 40.8 Å². The van der Waals surface area contributed by atoms with E-state index >= 15 is 0 Å². The quantitative estimate of drug-likeness (QED) is 0.0483. The SMILES string of the molecule is CC.Nc1ccc(Cc2cccc(N)c2)nc1.Nc1cccc(Cc2ccc([N+](=O)[O-])cn2)c1.Nc1cccc(N)c1.O=[N+]([O-])c1ccc(Cl)nc1. The molecule has 0 radical (unpaired) electrons. The van der Waals surface area contributed by atoms with Crippen molar-refractivity contribution in [1.29, 1.82) is 0 Å². The van der Waals surface area contributed by atoms with Crippen molar-refractivity contribution in [2.75, 3.05) is 28.7 Å². The van der Waals surface area contributed by atoms with Gasteiger partial charge in [-0.3, -0.25) is 30.2 Å². The Morgan fingerprint density at radius 3 is 1.25 bits per heavy atom. The van der Waals surface area contributed by atoms with Crippen LogP contribution in [0.5, 0.6) is 0 Å². The summed E-state index contributed by atoms with van der Waals surface area (Å²) in [5.41, 5.74) is 35.2. The maximum Gasteiger partial charge on any atom is 0.287 e. The summed E-state index contributed by atoms with van der Waals surface area (Å²) in [4.78, 5) is 31.3. The number of nitrogens with zero attached hydrogens (tertiary/aromatic N) is 5. The Bertz CT molecular complexity index is 1960. The predicted octanol–water partition coefficient (Wildman–Crippen LogP) is 7.52. The Balaban J connectivity index is 0.000000245. The first-order valence-electron chi connectivity index (χ1n) is 15.7. The van der Waals surface area contributed by atoms with Gasteiger partial charge in [0.05, 0.1) is 21.7 Å². The van der Waals surface area contributed by atoms with E-state index in [1.807, 2.05) is 80.6 Å². The fourth-order valence-corrected chi connectivity index (χ4v) is 4.14. The first-order valence-corrected chi connectivity index (χ1v) is 16.1. The van der Waals surface area contributed by atoms with Crippen LogP contribution in [-0.2, 0) is 12.8 Å². The fourth-order valence-electron chi connectivity index (χ4n) is 4.03. The Morgan fingerprint density at radius 2 is 0.923 bits per heavy atom. The molecule has 0 bridgehead atoms. The normalized spacial score (nSPS) is 9.52. The first-order chi connectivity index (χ1) is 24.9. The summed E-state index contributed by atoms with van der Waals surface area (Å²) < 4.78 is 0. The highest BCUT2D eigenvalue weighted by molar-refractivity contribution is 6.29. The molecule has 0 unspecified atom stereocenters. The third-order valence-corrected chi connectivity index (χ3v) is 6.60. The molecule has 0 aliphatic carbocycles. The van der Waals surface area contributed by atoms with Crippen molar-refractivity contribution in [3.8, 4) is 0 Å². The van der Waals surface area contributed by atoms with Crippen molar-refractivity contribution in [3.63, 3.8) is 0 Å². The maximum atomic E-state index is 10.5. The third-order valence-electron chi connectivity index (χ3n) is 6.37. The van der Waals surface area contributed by atoms with Crippen LogP contribution in [0.15, 0.2) is 128 Å². The van der Waals surface area contributed by atoms with Crippen LogP contribution < -0.4 is 28.7 Å². The van der Waals surface area contributed by atoms with Gasteiger partial charge in [-0.05, 0) is 77.9 Å². The van der Waals surface area contributed by atoms with E-state index in [1.54, 1.807) is 30.5 Å². The van der Waals surface area contributed by atoms with Crippen LogP contribution in [0.2, 0.25) is 5.15 Å². The van der Waals surface area contributed by atoms with Crippen molar-refractivity contribution < 1.29 is 9.85 Å². The minimum atomic E-state index is -0.524. The molecule has 270 valence electrons. The van der Waals surface area contributed by atoms with Crippen LogP contribution >= 0.6 is 11.6 Å². The molecule has 0 fully saturated rings. The highest BCUT2D eigenvalue weighted by Gasteiger charge is 2.06. The number of anilines is 5. The van der Waals surface area contributed by atoms with E-state index in [-0.39, 0.29) is 16.5 Å². The van der Waals surface area contributed by atoms with Crippen molar-refractivity contribution in [2.24, 2.45) is 0 Å². The minimum Gasteiger partial charge on any atom is -0.399 e. The summed E-state index contributed by atoms with van der Waals surface area (Å²) in [7, 11) is 0. The zero-order chi connectivity index (χ0) is 38.5. The van der Waals surface area contributed by atoms with Crippen LogP contribution in [0.25, 0.3) is 0 Å². The van der Waals surface area contributed by atoms with Gasteiger partial charge in [-0.15, -0.1) is 0 Å². The van der Waals surface area contributed by atoms with Crippen molar-refractivity contribution in [2.45, 2.75) is 26.7 Å². The third kappa shape index (κ3) is 16.1. The van der Waals surface area contributed by atoms with Gasteiger partial charge < -0.3 is 28.7 Å². The topological polar surface area (TPSA) is 255 Å². The average molecular weight is 725 g/mol. The van der Waals surface area contributed by atoms with Gasteiger partial charge >= 0.3 is 0 Å². The summed E-state index contributed by atoms with van der Waals surface area (Å²) in [5.74, 6) is 0. The van der Waals surface area contributed by atoms with Crippen molar-refractivity contribution in [1.82, 2.24) is 15.0 Å². The molecule has 3 aromatic carbocycles. The molecule has 3 heterocycles. The smallest absolute Gasteiger partial charge is 0.287 e. The number of pyridine rings is 3. The monoisotopic (exact) mass is 724 g/mol. The number of nitrogen functional groups attached to an aromatic ring is 5. The molecule has 52 heavy (non-hydrogen) atoms. The lowest BCUT2D eigenvalue weighted by Crippen LogP contribution is -1.95. The number of aromatic nitrogens is 3. The van der Waals surface area contributed by atoms with Gasteiger partial charge in [-0.1, -0.05) is 55.8 Å². The van der Waals surface area contributed by atoms with E-state index in [0.29, 0.717) is 29.2 Å². The van der Waals surface area contributed by atoms with Gasteiger partial charge in [-0.25, -0.2) is 4.98 Å². The number of hydrogen-bond acceptors (Lipinski definition) is 12. The number of rotatable bonds is 6. The molecule has 3 aromatic heterocycles. The predicted molar refractivity (Wildman–Crippen MR) is 209 cm³/mol. The van der Waals surface area contributed by atoms with Crippen molar-refractivity contribution >= 4 is 51.4 Å². The molecule has 0 aliphatic heterocycles. The fraction of sp³-hybridized carbons (Fsp3) is 0.108. The molecule has 0 spiro atoms. The number of hydrogen-bond donors (Lipinski definition) is 5. The minimum absolute atomic E-state index is 0.00123. The van der Waals surface area contributed by atoms with E-state index in [4.69, 9.17) is 40.3 Å². The van der Waals surface area contributed by atoms with Gasteiger partial charge in [-0.2, -0.15) is 0 Å². The van der Waals surface area contributed by atoms with Gasteiger partial charge in [0.25, 0.3) is 11.4 Å². The largest absolute Gasteiger partial charge is 0.399 e. The van der Waals surface area contributed by atoms with Gasteiger partial charge in [0, 0.05) is 59.1 Å². The lowest BCUT2D eigenvalue weighted by Gasteiger charge is -2.02. The van der Waals surface area contributed by atoms with Crippen molar-refractivity contribution in [3.05, 3.63) is 176 Å². The molecule has 6 aromatic rings. The Morgan fingerprint density at radius 1 is 0.519 bits per heavy atom. The van der Waals surface area contributed by atoms with Gasteiger partial charge in [0.15, 0.2) is 0 Å². The number of halogens is 1. The molecular formula is C37H41ClN10O4. The Kier molecular flexibility index (Phi) is 17.5. The summed E-state index contributed by atoms with van der Waals surface area (Å²) in [6.45, 7) is 4.00. The van der Waals surface area contributed by atoms with Crippen LogP contribution in [-0.4, -0.2) is 24.8 Å². The lowest BCUT2D eigenvalue weighted by molar-refractivity contribution is -0.385. The molecule has 0 amide bonds. The summed E-state index contributed by atoms with van der Waals surface area (Å²) in [6.07, 6.45) is 5.44. The molecular weight excluding hydrogens is 684 g/mol. The highest BCUT2D eigenvalue weighted by Crippen LogP contribution is 2.15. The highest BCUT2D eigenvalue weighted by atomic mass is 35.5. The maximum absolute atomic E-state index is 10.5. The molecule has 0 aliphatic rings. The second-order valence-corrected chi connectivity index (χ2v) is 10.8.